The Morgan fingerprint density at radius 1 is 0.941 bits per heavy atom. The SMILES string of the molecule is Fc1ccc([C@@H]2Cc3cc(F)ccc3N2)cc1. The summed E-state index contributed by atoms with van der Waals surface area (Å²) in [5.41, 5.74) is 2.95. The monoisotopic (exact) mass is 231 g/mol. The third-order valence-corrected chi connectivity index (χ3v) is 3.09. The van der Waals surface area contributed by atoms with E-state index in [9.17, 15) is 8.78 Å². The number of anilines is 1. The Hall–Kier alpha value is -1.90. The lowest BCUT2D eigenvalue weighted by atomic mass is 10.0. The van der Waals surface area contributed by atoms with Crippen molar-refractivity contribution in [2.45, 2.75) is 12.5 Å². The van der Waals surface area contributed by atoms with Gasteiger partial charge in [-0.15, -0.1) is 0 Å². The zero-order valence-electron chi connectivity index (χ0n) is 9.08. The van der Waals surface area contributed by atoms with E-state index < -0.39 is 0 Å². The maximum atomic E-state index is 13.1. The molecule has 17 heavy (non-hydrogen) atoms. The fraction of sp³-hybridized carbons (Fsp3) is 0.143. The molecular weight excluding hydrogens is 220 g/mol. The van der Waals surface area contributed by atoms with Gasteiger partial charge in [0.05, 0.1) is 6.04 Å². The summed E-state index contributed by atoms with van der Waals surface area (Å²) in [5, 5.41) is 3.31. The van der Waals surface area contributed by atoms with Gasteiger partial charge in [-0.1, -0.05) is 12.1 Å². The number of hydrogen-bond donors (Lipinski definition) is 1. The molecule has 0 saturated carbocycles. The van der Waals surface area contributed by atoms with Crippen molar-refractivity contribution >= 4 is 5.69 Å². The molecule has 1 nitrogen and oxygen atoms in total. The predicted octanol–water partition coefficient (Wildman–Crippen LogP) is 3.67. The number of rotatable bonds is 1. The quantitative estimate of drug-likeness (QED) is 0.789. The minimum atomic E-state index is -0.240. The topological polar surface area (TPSA) is 12.0 Å². The lowest BCUT2D eigenvalue weighted by molar-refractivity contribution is 0.625. The third-order valence-electron chi connectivity index (χ3n) is 3.09. The van der Waals surface area contributed by atoms with E-state index in [1.165, 1.54) is 18.2 Å². The molecule has 0 spiro atoms. The van der Waals surface area contributed by atoms with Gasteiger partial charge in [-0.05, 0) is 47.9 Å². The summed E-state index contributed by atoms with van der Waals surface area (Å²) >= 11 is 0. The van der Waals surface area contributed by atoms with Gasteiger partial charge in [0.2, 0.25) is 0 Å². The van der Waals surface area contributed by atoms with Gasteiger partial charge in [-0.2, -0.15) is 0 Å². The molecule has 0 saturated heterocycles. The third kappa shape index (κ3) is 1.88. The fourth-order valence-electron chi connectivity index (χ4n) is 2.23. The van der Waals surface area contributed by atoms with Crippen molar-refractivity contribution in [1.82, 2.24) is 0 Å². The van der Waals surface area contributed by atoms with Crippen LogP contribution in [0.15, 0.2) is 42.5 Å². The zero-order valence-corrected chi connectivity index (χ0v) is 9.08. The van der Waals surface area contributed by atoms with Crippen molar-refractivity contribution in [3.05, 3.63) is 65.2 Å². The first kappa shape index (κ1) is 10.3. The van der Waals surface area contributed by atoms with Crippen LogP contribution in [0.1, 0.15) is 17.2 Å². The van der Waals surface area contributed by atoms with Crippen LogP contribution in [0, 0.1) is 11.6 Å². The smallest absolute Gasteiger partial charge is 0.123 e. The first-order valence-electron chi connectivity index (χ1n) is 5.53. The van der Waals surface area contributed by atoms with Crippen LogP contribution in [-0.2, 0) is 6.42 Å². The Balaban J connectivity index is 1.88. The van der Waals surface area contributed by atoms with Gasteiger partial charge < -0.3 is 5.32 Å². The first-order chi connectivity index (χ1) is 8.22. The van der Waals surface area contributed by atoms with Crippen LogP contribution >= 0.6 is 0 Å². The zero-order chi connectivity index (χ0) is 11.8. The fourth-order valence-corrected chi connectivity index (χ4v) is 2.23. The molecule has 1 N–H and O–H groups in total. The summed E-state index contributed by atoms with van der Waals surface area (Å²) in [6.45, 7) is 0. The number of halogens is 2. The number of fused-ring (bicyclic) bond motifs is 1. The number of benzene rings is 2. The van der Waals surface area contributed by atoms with Crippen LogP contribution in [0.25, 0.3) is 0 Å². The number of hydrogen-bond acceptors (Lipinski definition) is 1. The van der Waals surface area contributed by atoms with Crippen LogP contribution in [-0.4, -0.2) is 0 Å². The predicted molar refractivity (Wildman–Crippen MR) is 62.9 cm³/mol. The molecule has 1 aliphatic rings. The summed E-state index contributed by atoms with van der Waals surface area (Å²) in [6.07, 6.45) is 0.735. The van der Waals surface area contributed by atoms with Gasteiger partial charge >= 0.3 is 0 Å². The maximum Gasteiger partial charge on any atom is 0.123 e. The highest BCUT2D eigenvalue weighted by atomic mass is 19.1. The standard InChI is InChI=1S/C14H11F2N/c15-11-3-1-9(2-4-11)14-8-10-7-12(16)5-6-13(10)17-14/h1-7,14,17H,8H2/t14-/m0/s1. The van der Waals surface area contributed by atoms with E-state index in [0.29, 0.717) is 0 Å². The molecule has 0 aromatic heterocycles. The van der Waals surface area contributed by atoms with Crippen molar-refractivity contribution in [3.8, 4) is 0 Å². The molecular formula is C14H11F2N. The van der Waals surface area contributed by atoms with Gasteiger partial charge in [0.1, 0.15) is 11.6 Å². The van der Waals surface area contributed by atoms with E-state index >= 15 is 0 Å². The molecule has 86 valence electrons. The van der Waals surface area contributed by atoms with Gasteiger partial charge in [-0.25, -0.2) is 8.78 Å². The second-order valence-corrected chi connectivity index (χ2v) is 4.25. The molecule has 2 aromatic rings. The van der Waals surface area contributed by atoms with Crippen LogP contribution in [0.2, 0.25) is 0 Å². The molecule has 0 bridgehead atoms. The molecule has 3 rings (SSSR count). The molecule has 0 fully saturated rings. The van der Waals surface area contributed by atoms with E-state index in [0.717, 1.165) is 23.2 Å². The average molecular weight is 231 g/mol. The van der Waals surface area contributed by atoms with Crippen molar-refractivity contribution in [3.63, 3.8) is 0 Å². The minimum Gasteiger partial charge on any atom is -0.378 e. The van der Waals surface area contributed by atoms with E-state index in [1.54, 1.807) is 24.3 Å². The van der Waals surface area contributed by atoms with Crippen molar-refractivity contribution < 1.29 is 8.78 Å². The highest BCUT2D eigenvalue weighted by molar-refractivity contribution is 5.58. The Labute approximate surface area is 98.1 Å². The molecule has 1 heterocycles. The number of nitrogens with one attached hydrogen (secondary N) is 1. The Kier molecular flexibility index (Phi) is 2.32. The maximum absolute atomic E-state index is 13.1. The Morgan fingerprint density at radius 2 is 1.65 bits per heavy atom. The second-order valence-electron chi connectivity index (χ2n) is 4.25. The Bertz CT molecular complexity index is 549. The lowest BCUT2D eigenvalue weighted by Gasteiger charge is -2.11. The second kappa shape index (κ2) is 3.84. The summed E-state index contributed by atoms with van der Waals surface area (Å²) < 4.78 is 25.9. The molecule has 0 amide bonds. The van der Waals surface area contributed by atoms with Gasteiger partial charge in [0.15, 0.2) is 0 Å². The van der Waals surface area contributed by atoms with Crippen molar-refractivity contribution in [2.75, 3.05) is 5.32 Å². The van der Waals surface area contributed by atoms with E-state index in [4.69, 9.17) is 0 Å². The first-order valence-corrected chi connectivity index (χ1v) is 5.53. The minimum absolute atomic E-state index is 0.104. The molecule has 1 aliphatic heterocycles. The molecule has 0 unspecified atom stereocenters. The molecule has 3 heteroatoms. The highest BCUT2D eigenvalue weighted by Crippen LogP contribution is 2.34. The van der Waals surface area contributed by atoms with E-state index in [-0.39, 0.29) is 17.7 Å². The van der Waals surface area contributed by atoms with Crippen LogP contribution in [0.5, 0.6) is 0 Å². The normalized spacial score (nSPS) is 17.6. The summed E-state index contributed by atoms with van der Waals surface area (Å²) in [4.78, 5) is 0. The molecule has 0 radical (unpaired) electrons. The van der Waals surface area contributed by atoms with Gasteiger partial charge in [0.25, 0.3) is 0 Å². The van der Waals surface area contributed by atoms with Crippen LogP contribution < -0.4 is 5.32 Å². The molecule has 2 aromatic carbocycles. The summed E-state index contributed by atoms with van der Waals surface area (Å²) in [6, 6.07) is 11.2. The lowest BCUT2D eigenvalue weighted by Crippen LogP contribution is -2.05. The average Bonchev–Trinajstić information content (AvgIpc) is 2.72. The Morgan fingerprint density at radius 3 is 2.41 bits per heavy atom. The summed E-state index contributed by atoms with van der Waals surface area (Å²) in [5.74, 6) is -0.458. The summed E-state index contributed by atoms with van der Waals surface area (Å²) in [7, 11) is 0. The van der Waals surface area contributed by atoms with Gasteiger partial charge in [-0.3, -0.25) is 0 Å². The van der Waals surface area contributed by atoms with Crippen molar-refractivity contribution in [1.29, 1.82) is 0 Å². The van der Waals surface area contributed by atoms with Crippen molar-refractivity contribution in [2.24, 2.45) is 0 Å². The van der Waals surface area contributed by atoms with E-state index in [2.05, 4.69) is 5.32 Å². The molecule has 0 aliphatic carbocycles. The van der Waals surface area contributed by atoms with E-state index in [1.807, 2.05) is 0 Å². The van der Waals surface area contributed by atoms with Gasteiger partial charge in [0, 0.05) is 5.69 Å². The largest absolute Gasteiger partial charge is 0.378 e. The molecule has 1 atom stereocenters. The van der Waals surface area contributed by atoms with Crippen LogP contribution in [0.4, 0.5) is 14.5 Å². The highest BCUT2D eigenvalue weighted by Gasteiger charge is 2.22. The van der Waals surface area contributed by atoms with Crippen LogP contribution in [0.3, 0.4) is 0 Å².